The van der Waals surface area contributed by atoms with Crippen LogP contribution in [-0.2, 0) is 22.5 Å². The second-order valence-corrected chi connectivity index (χ2v) is 10.9. The van der Waals surface area contributed by atoms with Crippen molar-refractivity contribution in [2.75, 3.05) is 67.1 Å². The second-order valence-electron chi connectivity index (χ2n) is 9.53. The molecule has 2 aromatic carbocycles. The van der Waals surface area contributed by atoms with Crippen LogP contribution >= 0.6 is 11.3 Å². The second kappa shape index (κ2) is 16.5. The molecule has 42 heavy (non-hydrogen) atoms. The lowest BCUT2D eigenvalue weighted by Crippen LogP contribution is -2.45. The van der Waals surface area contributed by atoms with Crippen LogP contribution in [0.2, 0.25) is 0 Å². The van der Waals surface area contributed by atoms with Crippen molar-refractivity contribution in [2.45, 2.75) is 26.3 Å². The molecule has 0 saturated heterocycles. The summed E-state index contributed by atoms with van der Waals surface area (Å²) in [4.78, 5) is 32.8. The van der Waals surface area contributed by atoms with Crippen LogP contribution in [0.1, 0.15) is 21.7 Å². The maximum absolute atomic E-state index is 13.8. The number of carbonyl (C=O) groups excluding carboxylic acids is 2. The molecular formula is C31H41N3O7S. The lowest BCUT2D eigenvalue weighted by Gasteiger charge is -2.28. The standard InChI is InChI=1S/C31H41N3O7S/c1-22-8-11-25(42-22)20-33(16-14-23-9-13-27(39-4)29(18-23)41-6)30(35)21-34(15-7-17-37-2)31(36)32-26-12-10-24(38-3)19-28(26)40-5/h8-13,18-19H,7,14-17,20-21H2,1-6H3,(H,32,36). The van der Waals surface area contributed by atoms with Gasteiger partial charge >= 0.3 is 6.03 Å². The van der Waals surface area contributed by atoms with Gasteiger partial charge in [0.25, 0.3) is 0 Å². The molecule has 1 aromatic heterocycles. The Bertz CT molecular complexity index is 1310. The van der Waals surface area contributed by atoms with E-state index >= 15 is 0 Å². The maximum Gasteiger partial charge on any atom is 0.322 e. The number of hydrogen-bond acceptors (Lipinski definition) is 8. The number of amides is 3. The summed E-state index contributed by atoms with van der Waals surface area (Å²) in [5.41, 5.74) is 1.49. The third-order valence-electron chi connectivity index (χ3n) is 6.65. The van der Waals surface area contributed by atoms with Crippen LogP contribution in [0.25, 0.3) is 0 Å². The average molecular weight is 600 g/mol. The molecule has 0 bridgehead atoms. The van der Waals surface area contributed by atoms with Gasteiger partial charge in [0.2, 0.25) is 5.91 Å². The molecule has 228 valence electrons. The Kier molecular flexibility index (Phi) is 12.8. The first-order chi connectivity index (χ1) is 20.3. The van der Waals surface area contributed by atoms with E-state index in [2.05, 4.69) is 5.32 Å². The number of rotatable bonds is 16. The van der Waals surface area contributed by atoms with E-state index in [-0.39, 0.29) is 12.5 Å². The molecule has 11 heteroatoms. The topological polar surface area (TPSA) is 98.8 Å². The Morgan fingerprint density at radius 1 is 0.810 bits per heavy atom. The largest absolute Gasteiger partial charge is 0.497 e. The van der Waals surface area contributed by atoms with E-state index < -0.39 is 6.03 Å². The van der Waals surface area contributed by atoms with E-state index in [1.807, 2.05) is 37.3 Å². The monoisotopic (exact) mass is 599 g/mol. The van der Waals surface area contributed by atoms with Crippen LogP contribution in [0.4, 0.5) is 10.5 Å². The number of aryl methyl sites for hydroxylation is 1. The van der Waals surface area contributed by atoms with E-state index in [9.17, 15) is 9.59 Å². The molecule has 1 heterocycles. The smallest absolute Gasteiger partial charge is 0.322 e. The van der Waals surface area contributed by atoms with Gasteiger partial charge in [-0.05, 0) is 61.7 Å². The number of carbonyl (C=O) groups is 2. The quantitative estimate of drug-likeness (QED) is 0.225. The minimum absolute atomic E-state index is 0.0929. The summed E-state index contributed by atoms with van der Waals surface area (Å²) in [5.74, 6) is 2.18. The van der Waals surface area contributed by atoms with Crippen molar-refractivity contribution in [3.8, 4) is 23.0 Å². The number of thiophene rings is 1. The third kappa shape index (κ3) is 9.28. The highest BCUT2D eigenvalue weighted by atomic mass is 32.1. The Balaban J connectivity index is 1.79. The Hall–Kier alpha value is -3.96. The number of hydrogen-bond donors (Lipinski definition) is 1. The van der Waals surface area contributed by atoms with Crippen LogP contribution in [0, 0.1) is 6.92 Å². The average Bonchev–Trinajstić information content (AvgIpc) is 3.42. The predicted molar refractivity (Wildman–Crippen MR) is 164 cm³/mol. The molecule has 1 N–H and O–H groups in total. The number of urea groups is 1. The molecule has 3 rings (SSSR count). The van der Waals surface area contributed by atoms with Crippen molar-refractivity contribution >= 4 is 29.0 Å². The van der Waals surface area contributed by atoms with Gasteiger partial charge < -0.3 is 38.8 Å². The summed E-state index contributed by atoms with van der Waals surface area (Å²) >= 11 is 1.65. The summed E-state index contributed by atoms with van der Waals surface area (Å²) in [6.45, 7) is 3.66. The Labute approximate surface area is 252 Å². The number of anilines is 1. The van der Waals surface area contributed by atoms with E-state index in [0.717, 1.165) is 10.4 Å². The summed E-state index contributed by atoms with van der Waals surface area (Å²) in [6.07, 6.45) is 1.18. The zero-order chi connectivity index (χ0) is 30.5. The van der Waals surface area contributed by atoms with Crippen molar-refractivity contribution in [1.82, 2.24) is 9.80 Å². The van der Waals surface area contributed by atoms with Crippen LogP contribution in [-0.4, -0.2) is 83.5 Å². The molecular weight excluding hydrogens is 558 g/mol. The fourth-order valence-corrected chi connectivity index (χ4v) is 5.27. The van der Waals surface area contributed by atoms with Crippen LogP contribution in [0.15, 0.2) is 48.5 Å². The number of nitrogens with zero attached hydrogens (tertiary/aromatic N) is 2. The zero-order valence-corrected chi connectivity index (χ0v) is 26.0. The first-order valence-corrected chi connectivity index (χ1v) is 14.4. The Morgan fingerprint density at radius 2 is 1.57 bits per heavy atom. The first-order valence-electron chi connectivity index (χ1n) is 13.6. The minimum Gasteiger partial charge on any atom is -0.497 e. The zero-order valence-electron chi connectivity index (χ0n) is 25.2. The molecule has 0 aliphatic heterocycles. The molecule has 0 unspecified atom stereocenters. The molecule has 0 aliphatic carbocycles. The van der Waals surface area contributed by atoms with Gasteiger partial charge in [-0.1, -0.05) is 6.07 Å². The van der Waals surface area contributed by atoms with Crippen LogP contribution in [0.5, 0.6) is 23.0 Å². The number of methoxy groups -OCH3 is 5. The molecule has 0 spiro atoms. The fraction of sp³-hybridized carbons (Fsp3) is 0.419. The van der Waals surface area contributed by atoms with Gasteiger partial charge in [-0.3, -0.25) is 4.79 Å². The Morgan fingerprint density at radius 3 is 2.21 bits per heavy atom. The maximum atomic E-state index is 13.8. The van der Waals surface area contributed by atoms with E-state index in [1.165, 1.54) is 16.9 Å². The third-order valence-corrected chi connectivity index (χ3v) is 7.64. The molecule has 0 saturated carbocycles. The van der Waals surface area contributed by atoms with Gasteiger partial charge in [-0.15, -0.1) is 11.3 Å². The molecule has 0 aliphatic rings. The van der Waals surface area contributed by atoms with Gasteiger partial charge in [-0.2, -0.15) is 0 Å². The van der Waals surface area contributed by atoms with E-state index in [0.29, 0.717) is 67.8 Å². The molecule has 3 aromatic rings. The summed E-state index contributed by atoms with van der Waals surface area (Å²) in [7, 11) is 7.88. The van der Waals surface area contributed by atoms with Gasteiger partial charge in [0, 0.05) is 42.6 Å². The number of benzene rings is 2. The SMILES string of the molecule is COCCCN(CC(=O)N(CCc1ccc(OC)c(OC)c1)Cc1ccc(C)s1)C(=O)Nc1ccc(OC)cc1OC. The summed E-state index contributed by atoms with van der Waals surface area (Å²) in [6, 6.07) is 14.5. The van der Waals surface area contributed by atoms with Gasteiger partial charge in [0.1, 0.15) is 18.0 Å². The normalized spacial score (nSPS) is 10.6. The highest BCUT2D eigenvalue weighted by Crippen LogP contribution is 2.30. The van der Waals surface area contributed by atoms with Gasteiger partial charge in [0.05, 0.1) is 40.7 Å². The minimum atomic E-state index is -0.408. The van der Waals surface area contributed by atoms with Crippen molar-refractivity contribution in [3.05, 3.63) is 63.8 Å². The fourth-order valence-electron chi connectivity index (χ4n) is 4.36. The van der Waals surface area contributed by atoms with Crippen molar-refractivity contribution < 1.29 is 33.3 Å². The lowest BCUT2D eigenvalue weighted by atomic mass is 10.1. The van der Waals surface area contributed by atoms with Crippen LogP contribution < -0.4 is 24.3 Å². The van der Waals surface area contributed by atoms with Crippen molar-refractivity contribution in [3.63, 3.8) is 0 Å². The molecule has 0 radical (unpaired) electrons. The number of nitrogens with one attached hydrogen (secondary N) is 1. The summed E-state index contributed by atoms with van der Waals surface area (Å²) < 4.78 is 26.7. The highest BCUT2D eigenvalue weighted by molar-refractivity contribution is 7.11. The first kappa shape index (κ1) is 32.6. The number of ether oxygens (including phenoxy) is 5. The van der Waals surface area contributed by atoms with Crippen molar-refractivity contribution in [1.29, 1.82) is 0 Å². The van der Waals surface area contributed by atoms with Gasteiger partial charge in [0.15, 0.2) is 11.5 Å². The lowest BCUT2D eigenvalue weighted by molar-refractivity contribution is -0.132. The van der Waals surface area contributed by atoms with Crippen LogP contribution in [0.3, 0.4) is 0 Å². The molecule has 0 atom stereocenters. The summed E-state index contributed by atoms with van der Waals surface area (Å²) in [5, 5.41) is 2.89. The molecule has 3 amide bonds. The molecule has 10 nitrogen and oxygen atoms in total. The van der Waals surface area contributed by atoms with E-state index in [1.54, 1.807) is 62.9 Å². The van der Waals surface area contributed by atoms with Crippen molar-refractivity contribution in [2.24, 2.45) is 0 Å². The molecule has 0 fully saturated rings. The van der Waals surface area contributed by atoms with Gasteiger partial charge in [-0.25, -0.2) is 4.79 Å². The predicted octanol–water partition coefficient (Wildman–Crippen LogP) is 5.23. The van der Waals surface area contributed by atoms with E-state index in [4.69, 9.17) is 23.7 Å². The highest BCUT2D eigenvalue weighted by Gasteiger charge is 2.23.